The number of hydrogen-bond donors (Lipinski definition) is 1. The summed E-state index contributed by atoms with van der Waals surface area (Å²) in [5, 5.41) is 3.59. The van der Waals surface area contributed by atoms with Gasteiger partial charge in [0, 0.05) is 23.2 Å². The summed E-state index contributed by atoms with van der Waals surface area (Å²) in [6, 6.07) is 14.3. The predicted octanol–water partition coefficient (Wildman–Crippen LogP) is 5.71. The minimum absolute atomic E-state index is 0.0647. The van der Waals surface area contributed by atoms with Gasteiger partial charge in [0.1, 0.15) is 5.82 Å². The van der Waals surface area contributed by atoms with Gasteiger partial charge >= 0.3 is 0 Å². The molecule has 0 radical (unpaired) electrons. The van der Waals surface area contributed by atoms with E-state index in [-0.39, 0.29) is 11.7 Å². The Labute approximate surface area is 178 Å². The largest absolute Gasteiger partial charge is 0.352 e. The van der Waals surface area contributed by atoms with Gasteiger partial charge in [0.25, 0.3) is 5.91 Å². The highest BCUT2D eigenvalue weighted by Crippen LogP contribution is 2.40. The zero-order valence-corrected chi connectivity index (χ0v) is 18.0. The highest BCUT2D eigenvalue weighted by Gasteiger charge is 2.29. The Balaban J connectivity index is 1.47. The molecule has 1 atom stereocenters. The van der Waals surface area contributed by atoms with Gasteiger partial charge in [-0.25, -0.2) is 4.39 Å². The van der Waals surface area contributed by atoms with Gasteiger partial charge in [-0.1, -0.05) is 42.6 Å². The van der Waals surface area contributed by atoms with E-state index in [1.807, 2.05) is 12.1 Å². The van der Waals surface area contributed by atoms with Crippen LogP contribution in [0.4, 0.5) is 4.39 Å². The fraction of sp³-hybridized carbons (Fsp3) is 0.458. The van der Waals surface area contributed by atoms with Crippen molar-refractivity contribution in [2.45, 2.75) is 38.1 Å². The molecule has 156 valence electrons. The lowest BCUT2D eigenvalue weighted by Crippen LogP contribution is -2.31. The number of nitrogens with zero attached hydrogens (tertiary/aromatic N) is 1. The summed E-state index contributed by atoms with van der Waals surface area (Å²) in [6.07, 6.45) is 5.66. The van der Waals surface area contributed by atoms with Crippen molar-refractivity contribution in [3.63, 3.8) is 0 Å². The maximum absolute atomic E-state index is 13.3. The van der Waals surface area contributed by atoms with E-state index in [4.69, 9.17) is 11.6 Å². The summed E-state index contributed by atoms with van der Waals surface area (Å²) in [4.78, 5) is 14.5. The molecule has 0 heterocycles. The van der Waals surface area contributed by atoms with Crippen LogP contribution in [0.25, 0.3) is 0 Å². The fourth-order valence-electron chi connectivity index (χ4n) is 4.57. The number of benzene rings is 2. The molecule has 1 aliphatic rings. The van der Waals surface area contributed by atoms with Gasteiger partial charge in [0.05, 0.1) is 0 Å². The maximum atomic E-state index is 13.3. The third-order valence-corrected chi connectivity index (χ3v) is 6.27. The quantitative estimate of drug-likeness (QED) is 0.627. The Morgan fingerprint density at radius 2 is 1.83 bits per heavy atom. The Morgan fingerprint density at radius 1 is 1.14 bits per heavy atom. The number of rotatable bonds is 7. The molecule has 1 saturated carbocycles. The first-order chi connectivity index (χ1) is 13.9. The predicted molar refractivity (Wildman–Crippen MR) is 117 cm³/mol. The van der Waals surface area contributed by atoms with Crippen molar-refractivity contribution in [2.24, 2.45) is 11.8 Å². The van der Waals surface area contributed by atoms with E-state index in [9.17, 15) is 9.18 Å². The van der Waals surface area contributed by atoms with Gasteiger partial charge in [-0.3, -0.25) is 4.79 Å². The van der Waals surface area contributed by atoms with Crippen LogP contribution in [0.1, 0.15) is 54.1 Å². The lowest BCUT2D eigenvalue weighted by molar-refractivity contribution is 0.0947. The highest BCUT2D eigenvalue weighted by molar-refractivity contribution is 6.30. The summed E-state index contributed by atoms with van der Waals surface area (Å²) in [5.41, 5.74) is 1.79. The first kappa shape index (κ1) is 21.8. The van der Waals surface area contributed by atoms with Crippen molar-refractivity contribution in [1.82, 2.24) is 10.2 Å². The van der Waals surface area contributed by atoms with Gasteiger partial charge in [-0.2, -0.15) is 0 Å². The third-order valence-electron chi connectivity index (χ3n) is 6.03. The number of carbonyl (C=O) groups excluding carboxylic acids is 1. The van der Waals surface area contributed by atoms with Crippen molar-refractivity contribution >= 4 is 17.5 Å². The fourth-order valence-corrected chi connectivity index (χ4v) is 4.76. The van der Waals surface area contributed by atoms with E-state index in [0.717, 1.165) is 19.3 Å². The first-order valence-corrected chi connectivity index (χ1v) is 10.8. The molecule has 0 aromatic heterocycles. The van der Waals surface area contributed by atoms with Crippen molar-refractivity contribution in [1.29, 1.82) is 0 Å². The molecule has 0 saturated heterocycles. The van der Waals surface area contributed by atoms with E-state index in [0.29, 0.717) is 35.0 Å². The van der Waals surface area contributed by atoms with E-state index < -0.39 is 0 Å². The molecule has 0 aliphatic heterocycles. The molecule has 29 heavy (non-hydrogen) atoms. The topological polar surface area (TPSA) is 32.3 Å². The van der Waals surface area contributed by atoms with Crippen LogP contribution in [0.5, 0.6) is 0 Å². The smallest absolute Gasteiger partial charge is 0.251 e. The summed E-state index contributed by atoms with van der Waals surface area (Å²) in [5.74, 6) is 0.967. The summed E-state index contributed by atoms with van der Waals surface area (Å²) in [6.45, 7) is 0.690. The molecule has 1 N–H and O–H groups in total. The maximum Gasteiger partial charge on any atom is 0.251 e. The normalized spacial score (nSPS) is 20.4. The summed E-state index contributed by atoms with van der Waals surface area (Å²) in [7, 11) is 4.21. The van der Waals surface area contributed by atoms with E-state index in [1.54, 1.807) is 36.4 Å². The minimum atomic E-state index is -0.185. The molecule has 0 spiro atoms. The summed E-state index contributed by atoms with van der Waals surface area (Å²) >= 11 is 5.96. The number of carbonyl (C=O) groups is 1. The Hall–Kier alpha value is -1.91. The Bertz CT molecular complexity index is 801. The number of hydrogen-bond acceptors (Lipinski definition) is 2. The van der Waals surface area contributed by atoms with Crippen molar-refractivity contribution in [3.8, 4) is 0 Å². The molecule has 5 heteroatoms. The average molecular weight is 417 g/mol. The van der Waals surface area contributed by atoms with Crippen molar-refractivity contribution < 1.29 is 9.18 Å². The number of halogens is 2. The Kier molecular flexibility index (Phi) is 7.68. The van der Waals surface area contributed by atoms with Crippen LogP contribution in [0.2, 0.25) is 5.02 Å². The van der Waals surface area contributed by atoms with Gasteiger partial charge < -0.3 is 10.2 Å². The van der Waals surface area contributed by atoms with Crippen LogP contribution in [0, 0.1) is 17.7 Å². The van der Waals surface area contributed by atoms with E-state index >= 15 is 0 Å². The van der Waals surface area contributed by atoms with Gasteiger partial charge in [0.2, 0.25) is 0 Å². The van der Waals surface area contributed by atoms with Crippen LogP contribution >= 0.6 is 11.6 Å². The van der Waals surface area contributed by atoms with Crippen molar-refractivity contribution in [3.05, 3.63) is 70.5 Å². The zero-order chi connectivity index (χ0) is 20.8. The lowest BCUT2D eigenvalue weighted by Gasteiger charge is -2.37. The van der Waals surface area contributed by atoms with E-state index in [1.165, 1.54) is 18.4 Å². The van der Waals surface area contributed by atoms with Gasteiger partial charge in [0.15, 0.2) is 0 Å². The molecule has 3 nitrogen and oxygen atoms in total. The SMILES string of the molecule is CN(C)C(c1ccc(F)cc1)C1CCC(CCNC(=O)c2cccc(Cl)c2)CC1. The molecule has 1 unspecified atom stereocenters. The van der Waals surface area contributed by atoms with Crippen molar-refractivity contribution in [2.75, 3.05) is 20.6 Å². The third kappa shape index (κ3) is 6.03. The highest BCUT2D eigenvalue weighted by atomic mass is 35.5. The minimum Gasteiger partial charge on any atom is -0.352 e. The molecule has 1 amide bonds. The van der Waals surface area contributed by atoms with Crippen LogP contribution in [0.3, 0.4) is 0 Å². The monoisotopic (exact) mass is 416 g/mol. The molecule has 3 rings (SSSR count). The van der Waals surface area contributed by atoms with Crippen LogP contribution in [-0.4, -0.2) is 31.4 Å². The number of amides is 1. The molecule has 0 bridgehead atoms. The van der Waals surface area contributed by atoms with Gasteiger partial charge in [-0.05, 0) is 81.1 Å². The average Bonchev–Trinajstić information content (AvgIpc) is 2.70. The van der Waals surface area contributed by atoms with Crippen LogP contribution < -0.4 is 5.32 Å². The molecule has 1 fully saturated rings. The second-order valence-electron chi connectivity index (χ2n) is 8.30. The first-order valence-electron chi connectivity index (χ1n) is 10.4. The van der Waals surface area contributed by atoms with Crippen LogP contribution in [-0.2, 0) is 0 Å². The molecule has 2 aromatic carbocycles. The second kappa shape index (κ2) is 10.2. The molecular weight excluding hydrogens is 387 g/mol. The van der Waals surface area contributed by atoms with Crippen LogP contribution in [0.15, 0.2) is 48.5 Å². The molecule has 2 aromatic rings. The molecule has 1 aliphatic carbocycles. The van der Waals surface area contributed by atoms with E-state index in [2.05, 4.69) is 24.3 Å². The molecular formula is C24H30ClFN2O. The standard InChI is InChI=1S/C24H30ClFN2O/c1-28(2)23(19-10-12-22(26)13-11-19)18-8-6-17(7-9-18)14-15-27-24(29)20-4-3-5-21(25)16-20/h3-5,10-13,16-18,23H,6-9,14-15H2,1-2H3,(H,27,29). The Morgan fingerprint density at radius 3 is 2.45 bits per heavy atom. The zero-order valence-electron chi connectivity index (χ0n) is 17.2. The summed E-state index contributed by atoms with van der Waals surface area (Å²) < 4.78 is 13.3. The number of nitrogens with one attached hydrogen (secondary N) is 1. The lowest BCUT2D eigenvalue weighted by atomic mass is 9.75. The second-order valence-corrected chi connectivity index (χ2v) is 8.73. The van der Waals surface area contributed by atoms with Gasteiger partial charge in [-0.15, -0.1) is 0 Å².